The number of imide groups is 1. The molecule has 0 radical (unpaired) electrons. The number of anilines is 1. The summed E-state index contributed by atoms with van der Waals surface area (Å²) in [5.74, 6) is -0.632. The quantitative estimate of drug-likeness (QED) is 0.587. The molecule has 8 nitrogen and oxygen atoms in total. The predicted molar refractivity (Wildman–Crippen MR) is 111 cm³/mol. The summed E-state index contributed by atoms with van der Waals surface area (Å²) in [6.07, 6.45) is 0. The highest BCUT2D eigenvalue weighted by Crippen LogP contribution is 2.26. The molecule has 10 heteroatoms. The van der Waals surface area contributed by atoms with E-state index in [1.165, 1.54) is 0 Å². The lowest BCUT2D eigenvalue weighted by Gasteiger charge is -2.10. The Morgan fingerprint density at radius 3 is 2.50 bits per heavy atom. The summed E-state index contributed by atoms with van der Waals surface area (Å²) < 4.78 is 5.44. The molecule has 3 amide bonds. The molecule has 0 saturated carbocycles. The van der Waals surface area contributed by atoms with Crippen LogP contribution in [-0.4, -0.2) is 39.4 Å². The largest absolute Gasteiger partial charge is 0.484 e. The predicted octanol–water partition coefficient (Wildman–Crippen LogP) is 3.31. The normalized spacial score (nSPS) is 12.8. The van der Waals surface area contributed by atoms with Crippen LogP contribution >= 0.6 is 22.9 Å². The van der Waals surface area contributed by atoms with Gasteiger partial charge >= 0.3 is 0 Å². The number of aromatic nitrogens is 2. The maximum atomic E-state index is 12.4. The third kappa shape index (κ3) is 4.03. The molecule has 1 N–H and O–H groups in total. The van der Waals surface area contributed by atoms with Crippen molar-refractivity contribution in [3.63, 3.8) is 0 Å². The molecule has 2 aromatic carbocycles. The summed E-state index contributed by atoms with van der Waals surface area (Å²) in [4.78, 5) is 38.1. The van der Waals surface area contributed by atoms with E-state index in [9.17, 15) is 14.4 Å². The molecule has 1 aliphatic rings. The van der Waals surface area contributed by atoms with E-state index in [1.54, 1.807) is 42.5 Å². The smallest absolute Gasteiger partial charge is 0.264 e. The molecule has 30 heavy (non-hydrogen) atoms. The molecule has 2 heterocycles. The third-order valence-corrected chi connectivity index (χ3v) is 5.63. The van der Waals surface area contributed by atoms with Crippen LogP contribution in [0.4, 0.5) is 5.13 Å². The summed E-state index contributed by atoms with van der Waals surface area (Å²) in [5.41, 5.74) is 1.58. The van der Waals surface area contributed by atoms with Crippen LogP contribution < -0.4 is 10.1 Å². The third-order valence-electron chi connectivity index (χ3n) is 4.38. The second-order valence-electron chi connectivity index (χ2n) is 6.49. The molecule has 0 bridgehead atoms. The monoisotopic (exact) mass is 442 g/mol. The summed E-state index contributed by atoms with van der Waals surface area (Å²) in [7, 11) is 0. The van der Waals surface area contributed by atoms with E-state index in [0.29, 0.717) is 26.9 Å². The Morgan fingerprint density at radius 2 is 1.83 bits per heavy atom. The Hall–Kier alpha value is -3.30. The molecule has 1 aliphatic heterocycles. The number of ether oxygens (including phenoxy) is 1. The van der Waals surface area contributed by atoms with Crippen molar-refractivity contribution in [2.75, 3.05) is 11.9 Å². The van der Waals surface area contributed by atoms with E-state index in [0.717, 1.165) is 21.8 Å². The van der Waals surface area contributed by atoms with Crippen molar-refractivity contribution in [1.29, 1.82) is 0 Å². The number of aryl methyl sites for hydroxylation is 1. The van der Waals surface area contributed by atoms with Gasteiger partial charge in [-0.3, -0.25) is 24.6 Å². The maximum Gasteiger partial charge on any atom is 0.264 e. The van der Waals surface area contributed by atoms with Crippen LogP contribution in [0.3, 0.4) is 0 Å². The lowest BCUT2D eigenvalue weighted by molar-refractivity contribution is -0.118. The van der Waals surface area contributed by atoms with Crippen LogP contribution in [0.2, 0.25) is 5.02 Å². The molecule has 0 aliphatic carbocycles. The van der Waals surface area contributed by atoms with Crippen LogP contribution in [0.15, 0.2) is 42.5 Å². The highest BCUT2D eigenvalue weighted by Gasteiger charge is 2.35. The SMILES string of the molecule is Cc1cc(OCC(=O)Nc2nnc(CN3C(=O)c4ccccc4C3=O)s2)ccc1Cl. The van der Waals surface area contributed by atoms with Gasteiger partial charge in [0.15, 0.2) is 6.61 Å². The number of benzene rings is 2. The highest BCUT2D eigenvalue weighted by molar-refractivity contribution is 7.15. The number of hydrogen-bond acceptors (Lipinski definition) is 7. The molecule has 0 fully saturated rings. The van der Waals surface area contributed by atoms with Crippen LogP contribution in [0, 0.1) is 6.92 Å². The molecular weight excluding hydrogens is 428 g/mol. The van der Waals surface area contributed by atoms with Crippen molar-refractivity contribution >= 4 is 45.8 Å². The number of hydrogen-bond donors (Lipinski definition) is 1. The molecule has 0 saturated heterocycles. The first-order valence-electron chi connectivity index (χ1n) is 8.89. The van der Waals surface area contributed by atoms with Crippen molar-refractivity contribution in [3.05, 3.63) is 69.2 Å². The van der Waals surface area contributed by atoms with Gasteiger partial charge in [0.2, 0.25) is 5.13 Å². The molecule has 152 valence electrons. The van der Waals surface area contributed by atoms with Crippen molar-refractivity contribution in [2.24, 2.45) is 0 Å². The summed E-state index contributed by atoms with van der Waals surface area (Å²) in [6, 6.07) is 11.8. The summed E-state index contributed by atoms with van der Waals surface area (Å²) >= 11 is 7.05. The minimum atomic E-state index is -0.411. The van der Waals surface area contributed by atoms with Gasteiger partial charge in [0, 0.05) is 5.02 Å². The first-order valence-corrected chi connectivity index (χ1v) is 10.1. The zero-order valence-corrected chi connectivity index (χ0v) is 17.3. The molecule has 4 rings (SSSR count). The summed E-state index contributed by atoms with van der Waals surface area (Å²) in [5, 5.41) is 11.7. The van der Waals surface area contributed by atoms with Gasteiger partial charge in [0.25, 0.3) is 17.7 Å². The number of nitrogens with one attached hydrogen (secondary N) is 1. The number of nitrogens with zero attached hydrogens (tertiary/aromatic N) is 3. The van der Waals surface area contributed by atoms with Crippen LogP contribution in [0.25, 0.3) is 0 Å². The number of halogens is 1. The van der Waals surface area contributed by atoms with Gasteiger partial charge in [-0.25, -0.2) is 0 Å². The standard InChI is InChI=1S/C20H15ClN4O4S/c1-11-8-12(6-7-15(11)21)29-10-16(26)22-20-24-23-17(30-20)9-25-18(27)13-4-2-3-5-14(13)19(25)28/h2-8H,9-10H2,1H3,(H,22,24,26). The number of rotatable bonds is 6. The minimum absolute atomic E-state index is 0.0135. The molecule has 0 spiro atoms. The van der Waals surface area contributed by atoms with Crippen molar-refractivity contribution in [2.45, 2.75) is 13.5 Å². The molecule has 1 aromatic heterocycles. The first kappa shape index (κ1) is 20.0. The first-order chi connectivity index (χ1) is 14.4. The summed E-state index contributed by atoms with van der Waals surface area (Å²) in [6.45, 7) is 1.61. The van der Waals surface area contributed by atoms with Gasteiger partial charge in [0.1, 0.15) is 10.8 Å². The van der Waals surface area contributed by atoms with Gasteiger partial charge in [0.05, 0.1) is 17.7 Å². The van der Waals surface area contributed by atoms with E-state index in [-0.39, 0.29) is 30.1 Å². The topological polar surface area (TPSA) is 101 Å². The lowest BCUT2D eigenvalue weighted by atomic mass is 10.1. The van der Waals surface area contributed by atoms with Gasteiger partial charge in [-0.2, -0.15) is 0 Å². The van der Waals surface area contributed by atoms with Crippen molar-refractivity contribution in [3.8, 4) is 5.75 Å². The second-order valence-corrected chi connectivity index (χ2v) is 7.96. The minimum Gasteiger partial charge on any atom is -0.484 e. The average Bonchev–Trinajstić information content (AvgIpc) is 3.27. The van der Waals surface area contributed by atoms with Gasteiger partial charge in [-0.1, -0.05) is 35.1 Å². The van der Waals surface area contributed by atoms with Crippen molar-refractivity contribution < 1.29 is 19.1 Å². The Morgan fingerprint density at radius 1 is 1.13 bits per heavy atom. The second kappa shape index (κ2) is 8.21. The van der Waals surface area contributed by atoms with E-state index in [4.69, 9.17) is 16.3 Å². The fourth-order valence-corrected chi connectivity index (χ4v) is 3.76. The van der Waals surface area contributed by atoms with Gasteiger partial charge in [-0.05, 0) is 42.8 Å². The molecular formula is C20H15ClN4O4S. The lowest BCUT2D eigenvalue weighted by Crippen LogP contribution is -2.29. The van der Waals surface area contributed by atoms with Crippen LogP contribution in [0.1, 0.15) is 31.3 Å². The molecule has 3 aromatic rings. The Labute approximate surface area is 180 Å². The van der Waals surface area contributed by atoms with E-state index < -0.39 is 5.91 Å². The Balaban J connectivity index is 1.34. The number of carbonyl (C=O) groups is 3. The Bertz CT molecular complexity index is 1130. The number of amides is 3. The Kier molecular flexibility index (Phi) is 5.47. The number of carbonyl (C=O) groups excluding carboxylic acids is 3. The van der Waals surface area contributed by atoms with E-state index >= 15 is 0 Å². The van der Waals surface area contributed by atoms with Crippen molar-refractivity contribution in [1.82, 2.24) is 15.1 Å². The van der Waals surface area contributed by atoms with Gasteiger partial charge in [-0.15, -0.1) is 10.2 Å². The molecule has 0 unspecified atom stereocenters. The fourth-order valence-electron chi connectivity index (χ4n) is 2.90. The fraction of sp³-hybridized carbons (Fsp3) is 0.150. The van der Waals surface area contributed by atoms with E-state index in [2.05, 4.69) is 15.5 Å². The number of fused-ring (bicyclic) bond motifs is 1. The van der Waals surface area contributed by atoms with Crippen LogP contribution in [0.5, 0.6) is 5.75 Å². The highest BCUT2D eigenvalue weighted by atomic mass is 35.5. The van der Waals surface area contributed by atoms with Crippen LogP contribution in [-0.2, 0) is 11.3 Å². The maximum absolute atomic E-state index is 12.4. The van der Waals surface area contributed by atoms with E-state index in [1.807, 2.05) is 6.92 Å². The molecule has 0 atom stereocenters. The average molecular weight is 443 g/mol. The zero-order chi connectivity index (χ0) is 21.3. The van der Waals surface area contributed by atoms with Gasteiger partial charge < -0.3 is 4.74 Å². The zero-order valence-electron chi connectivity index (χ0n) is 15.7.